The van der Waals surface area contributed by atoms with Crippen LogP contribution < -0.4 is 5.32 Å². The lowest BCUT2D eigenvalue weighted by Gasteiger charge is -2.17. The molecule has 0 unspecified atom stereocenters. The molecule has 106 valence electrons. The average molecular weight is 288 g/mol. The van der Waals surface area contributed by atoms with Crippen LogP contribution in [-0.2, 0) is 13.1 Å². The van der Waals surface area contributed by atoms with Gasteiger partial charge in [0.15, 0.2) is 0 Å². The molecule has 0 saturated heterocycles. The van der Waals surface area contributed by atoms with E-state index in [0.717, 1.165) is 5.56 Å². The minimum Gasteiger partial charge on any atom is -0.334 e. The molecule has 0 radical (unpaired) electrons. The monoisotopic (exact) mass is 288 g/mol. The Morgan fingerprint density at radius 2 is 1.90 bits per heavy atom. The number of carbonyl (C=O) groups excluding carboxylic acids is 1. The van der Waals surface area contributed by atoms with Crippen LogP contribution in [0.25, 0.3) is 0 Å². The molecule has 1 aromatic heterocycles. The number of urea groups is 1. The molecule has 0 aliphatic rings. The highest BCUT2D eigenvalue weighted by Crippen LogP contribution is 2.17. The first kappa shape index (κ1) is 14.6. The van der Waals surface area contributed by atoms with Crippen LogP contribution in [-0.4, -0.2) is 18.0 Å². The highest BCUT2D eigenvalue weighted by Gasteiger charge is 2.10. The van der Waals surface area contributed by atoms with E-state index in [-0.39, 0.29) is 6.03 Å². The number of carbonyl (C=O) groups is 1. The summed E-state index contributed by atoms with van der Waals surface area (Å²) in [4.78, 5) is 15.0. The van der Waals surface area contributed by atoms with Crippen LogP contribution in [0.5, 0.6) is 0 Å². The first-order valence-corrected chi connectivity index (χ1v) is 7.51. The maximum Gasteiger partial charge on any atom is 0.317 e. The van der Waals surface area contributed by atoms with E-state index in [0.29, 0.717) is 13.1 Å². The van der Waals surface area contributed by atoms with Gasteiger partial charge in [-0.25, -0.2) is 4.79 Å². The van der Waals surface area contributed by atoms with Gasteiger partial charge in [-0.05, 0) is 36.4 Å². The lowest BCUT2D eigenvalue weighted by Crippen LogP contribution is -2.36. The van der Waals surface area contributed by atoms with E-state index in [9.17, 15) is 4.79 Å². The topological polar surface area (TPSA) is 32.3 Å². The van der Waals surface area contributed by atoms with Crippen LogP contribution in [0, 0.1) is 13.8 Å². The third kappa shape index (κ3) is 3.84. The van der Waals surface area contributed by atoms with Gasteiger partial charge in [-0.3, -0.25) is 0 Å². The van der Waals surface area contributed by atoms with Crippen LogP contribution in [0.1, 0.15) is 21.6 Å². The Balaban J connectivity index is 1.85. The molecule has 3 nitrogen and oxygen atoms in total. The molecular weight excluding hydrogens is 268 g/mol. The number of rotatable bonds is 4. The van der Waals surface area contributed by atoms with E-state index >= 15 is 0 Å². The second kappa shape index (κ2) is 6.57. The van der Waals surface area contributed by atoms with E-state index in [4.69, 9.17) is 0 Å². The Morgan fingerprint density at radius 1 is 1.20 bits per heavy atom. The van der Waals surface area contributed by atoms with Crippen molar-refractivity contribution < 1.29 is 4.79 Å². The van der Waals surface area contributed by atoms with Gasteiger partial charge in [-0.1, -0.05) is 29.8 Å². The molecule has 1 N–H and O–H groups in total. The molecular formula is C16H20N2OS. The predicted molar refractivity (Wildman–Crippen MR) is 83.9 cm³/mol. The van der Waals surface area contributed by atoms with Gasteiger partial charge in [-0.2, -0.15) is 0 Å². The summed E-state index contributed by atoms with van der Waals surface area (Å²) in [6, 6.07) is 10.2. The van der Waals surface area contributed by atoms with Gasteiger partial charge in [-0.15, -0.1) is 11.3 Å². The normalized spacial score (nSPS) is 10.3. The number of hydrogen-bond acceptors (Lipinski definition) is 2. The van der Waals surface area contributed by atoms with E-state index in [1.807, 2.05) is 19.2 Å². The maximum absolute atomic E-state index is 12.0. The fourth-order valence-corrected chi connectivity index (χ4v) is 2.83. The van der Waals surface area contributed by atoms with E-state index in [1.54, 1.807) is 16.2 Å². The van der Waals surface area contributed by atoms with Gasteiger partial charge >= 0.3 is 6.03 Å². The Morgan fingerprint density at radius 3 is 2.50 bits per heavy atom. The summed E-state index contributed by atoms with van der Waals surface area (Å²) in [7, 11) is 1.82. The molecule has 0 spiro atoms. The van der Waals surface area contributed by atoms with Crippen molar-refractivity contribution in [2.45, 2.75) is 26.9 Å². The second-order valence-electron chi connectivity index (χ2n) is 5.03. The molecule has 0 fully saturated rings. The lowest BCUT2D eigenvalue weighted by molar-refractivity contribution is 0.207. The quantitative estimate of drug-likeness (QED) is 0.914. The molecule has 2 aromatic rings. The minimum atomic E-state index is -0.0432. The Bertz CT molecular complexity index is 574. The number of aryl methyl sites for hydroxylation is 2. The molecule has 2 rings (SSSR count). The molecule has 0 aliphatic heterocycles. The molecule has 2 amide bonds. The van der Waals surface area contributed by atoms with Crippen molar-refractivity contribution in [2.24, 2.45) is 0 Å². The number of benzene rings is 1. The highest BCUT2D eigenvalue weighted by atomic mass is 32.1. The van der Waals surface area contributed by atoms with Crippen LogP contribution in [0.3, 0.4) is 0 Å². The minimum absolute atomic E-state index is 0.0432. The molecule has 1 aromatic carbocycles. The summed E-state index contributed by atoms with van der Waals surface area (Å²) < 4.78 is 0. The van der Waals surface area contributed by atoms with Crippen molar-refractivity contribution in [1.82, 2.24) is 10.2 Å². The van der Waals surface area contributed by atoms with Crippen molar-refractivity contribution in [3.05, 3.63) is 57.3 Å². The van der Waals surface area contributed by atoms with Gasteiger partial charge in [0, 0.05) is 18.5 Å². The Kier molecular flexibility index (Phi) is 4.79. The summed E-state index contributed by atoms with van der Waals surface area (Å²) in [5.74, 6) is 0. The molecule has 0 aliphatic carbocycles. The first-order chi connectivity index (χ1) is 9.56. The Labute approximate surface area is 124 Å². The second-order valence-corrected chi connectivity index (χ2v) is 6.03. The third-order valence-electron chi connectivity index (χ3n) is 3.26. The molecule has 0 atom stereocenters. The van der Waals surface area contributed by atoms with Crippen LogP contribution in [0.4, 0.5) is 4.79 Å². The van der Waals surface area contributed by atoms with Crippen molar-refractivity contribution in [3.63, 3.8) is 0 Å². The zero-order chi connectivity index (χ0) is 14.5. The smallest absolute Gasteiger partial charge is 0.317 e. The zero-order valence-corrected chi connectivity index (χ0v) is 13.0. The molecule has 0 bridgehead atoms. The fourth-order valence-electron chi connectivity index (χ4n) is 1.87. The summed E-state index contributed by atoms with van der Waals surface area (Å²) >= 11 is 1.69. The van der Waals surface area contributed by atoms with Crippen molar-refractivity contribution in [2.75, 3.05) is 7.05 Å². The summed E-state index contributed by atoms with van der Waals surface area (Å²) in [6.45, 7) is 5.35. The largest absolute Gasteiger partial charge is 0.334 e. The standard InChI is InChI=1S/C16H20N2OS/c1-12-4-6-14(7-5-12)10-17-16(19)18(3)11-15-13(2)8-9-20-15/h4-9H,10-11H2,1-3H3,(H,17,19). The number of amides is 2. The van der Waals surface area contributed by atoms with Gasteiger partial charge in [0.2, 0.25) is 0 Å². The first-order valence-electron chi connectivity index (χ1n) is 6.64. The number of nitrogens with one attached hydrogen (secondary N) is 1. The van der Waals surface area contributed by atoms with Gasteiger partial charge < -0.3 is 10.2 Å². The van der Waals surface area contributed by atoms with E-state index in [2.05, 4.69) is 42.7 Å². The lowest BCUT2D eigenvalue weighted by atomic mass is 10.1. The average Bonchev–Trinajstić information content (AvgIpc) is 2.83. The predicted octanol–water partition coefficient (Wildman–Crippen LogP) is 3.71. The molecule has 20 heavy (non-hydrogen) atoms. The van der Waals surface area contributed by atoms with Crippen LogP contribution in [0.2, 0.25) is 0 Å². The maximum atomic E-state index is 12.0. The number of hydrogen-bond donors (Lipinski definition) is 1. The van der Waals surface area contributed by atoms with E-state index in [1.165, 1.54) is 16.0 Å². The SMILES string of the molecule is Cc1ccc(CNC(=O)N(C)Cc2sccc2C)cc1. The molecule has 1 heterocycles. The van der Waals surface area contributed by atoms with E-state index < -0.39 is 0 Å². The highest BCUT2D eigenvalue weighted by molar-refractivity contribution is 7.10. The molecule has 4 heteroatoms. The zero-order valence-electron chi connectivity index (χ0n) is 12.1. The number of nitrogens with zero attached hydrogens (tertiary/aromatic N) is 1. The summed E-state index contributed by atoms with van der Waals surface area (Å²) in [6.07, 6.45) is 0. The van der Waals surface area contributed by atoms with Crippen molar-refractivity contribution in [1.29, 1.82) is 0 Å². The molecule has 0 saturated carbocycles. The van der Waals surface area contributed by atoms with Gasteiger partial charge in [0.1, 0.15) is 0 Å². The summed E-state index contributed by atoms with van der Waals surface area (Å²) in [5.41, 5.74) is 3.59. The van der Waals surface area contributed by atoms with Gasteiger partial charge in [0.25, 0.3) is 0 Å². The Hall–Kier alpha value is -1.81. The third-order valence-corrected chi connectivity index (χ3v) is 4.27. The van der Waals surface area contributed by atoms with Gasteiger partial charge in [0.05, 0.1) is 6.54 Å². The van der Waals surface area contributed by atoms with Crippen LogP contribution in [0.15, 0.2) is 35.7 Å². The fraction of sp³-hybridized carbons (Fsp3) is 0.312. The van der Waals surface area contributed by atoms with Crippen LogP contribution >= 0.6 is 11.3 Å². The summed E-state index contributed by atoms with van der Waals surface area (Å²) in [5, 5.41) is 5.00. The van der Waals surface area contributed by atoms with Crippen molar-refractivity contribution in [3.8, 4) is 0 Å². The van der Waals surface area contributed by atoms with Crippen molar-refractivity contribution >= 4 is 17.4 Å². The number of thiophene rings is 1.